The van der Waals surface area contributed by atoms with E-state index in [-0.39, 0.29) is 12.2 Å². The minimum Gasteiger partial charge on any atom is -0.432 e. The van der Waals surface area contributed by atoms with Gasteiger partial charge in [0.15, 0.2) is 11.6 Å². The predicted molar refractivity (Wildman–Crippen MR) is 120 cm³/mol. The van der Waals surface area contributed by atoms with Gasteiger partial charge in [-0.15, -0.1) is 0 Å². The summed E-state index contributed by atoms with van der Waals surface area (Å²) in [4.78, 5) is 0. The van der Waals surface area contributed by atoms with Gasteiger partial charge in [-0.25, -0.2) is 13.2 Å². The Morgan fingerprint density at radius 2 is 1.53 bits per heavy atom. The van der Waals surface area contributed by atoms with E-state index in [0.29, 0.717) is 46.1 Å². The smallest absolute Gasteiger partial charge is 0.387 e. The van der Waals surface area contributed by atoms with Crippen molar-refractivity contribution >= 4 is 10.8 Å². The van der Waals surface area contributed by atoms with Crippen molar-refractivity contribution in [3.05, 3.63) is 101 Å². The third-order valence-corrected chi connectivity index (χ3v) is 5.58. The minimum absolute atomic E-state index is 0.285. The fourth-order valence-electron chi connectivity index (χ4n) is 3.92. The summed E-state index contributed by atoms with van der Waals surface area (Å²) in [7, 11) is 1.54. The van der Waals surface area contributed by atoms with Gasteiger partial charge in [-0.1, -0.05) is 42.5 Å². The highest BCUT2D eigenvalue weighted by molar-refractivity contribution is 5.88. The van der Waals surface area contributed by atoms with Gasteiger partial charge >= 0.3 is 6.61 Å². The van der Waals surface area contributed by atoms with E-state index in [1.54, 1.807) is 42.5 Å². The summed E-state index contributed by atoms with van der Waals surface area (Å²) in [5, 5.41) is 1.02. The van der Waals surface area contributed by atoms with E-state index in [4.69, 9.17) is 4.74 Å². The zero-order valence-corrected chi connectivity index (χ0v) is 18.3. The first kappa shape index (κ1) is 23.7. The summed E-state index contributed by atoms with van der Waals surface area (Å²) >= 11 is 0. The first-order valence-electron chi connectivity index (χ1n) is 10.6. The number of hydrogen-bond donors (Lipinski definition) is 0. The Kier molecular flexibility index (Phi) is 7.12. The lowest BCUT2D eigenvalue weighted by Crippen LogP contribution is -2.04. The van der Waals surface area contributed by atoms with Crippen molar-refractivity contribution in [3.63, 3.8) is 0 Å². The standard InChI is InChI=1S/C27H21F5O2/c1-33-15-17-3-9-21(23(28)13-17)19-8-10-22-20(14-19)7-6-18(26(22)30)5-2-16-4-11-25(24(29)12-16)34-27(31)32/h3-4,6-14,27H,2,5,15H2,1H3. The number of halogens is 5. The lowest BCUT2D eigenvalue weighted by Gasteiger charge is -2.11. The van der Waals surface area contributed by atoms with Gasteiger partial charge in [0.1, 0.15) is 11.6 Å². The maximum atomic E-state index is 15.1. The third-order valence-electron chi connectivity index (χ3n) is 5.58. The quantitative estimate of drug-likeness (QED) is 0.248. The molecule has 7 heteroatoms. The molecule has 0 bridgehead atoms. The molecule has 0 spiro atoms. The molecule has 0 saturated heterocycles. The Morgan fingerprint density at radius 1 is 0.765 bits per heavy atom. The molecule has 0 aliphatic heterocycles. The number of alkyl halides is 2. The van der Waals surface area contributed by atoms with Crippen LogP contribution in [0.1, 0.15) is 16.7 Å². The van der Waals surface area contributed by atoms with Gasteiger partial charge in [-0.2, -0.15) is 8.78 Å². The van der Waals surface area contributed by atoms with Crippen LogP contribution in [0.15, 0.2) is 66.7 Å². The Hall–Kier alpha value is -3.45. The highest BCUT2D eigenvalue weighted by Gasteiger charge is 2.13. The zero-order valence-electron chi connectivity index (χ0n) is 18.3. The van der Waals surface area contributed by atoms with Gasteiger partial charge in [0.2, 0.25) is 0 Å². The highest BCUT2D eigenvalue weighted by atomic mass is 19.3. The van der Waals surface area contributed by atoms with Crippen LogP contribution in [0, 0.1) is 17.5 Å². The van der Waals surface area contributed by atoms with Gasteiger partial charge in [0.05, 0.1) is 6.61 Å². The van der Waals surface area contributed by atoms with Crippen LogP contribution in [0.3, 0.4) is 0 Å². The maximum Gasteiger partial charge on any atom is 0.387 e. The normalized spacial score (nSPS) is 11.4. The van der Waals surface area contributed by atoms with E-state index in [9.17, 15) is 17.6 Å². The Labute approximate surface area is 193 Å². The van der Waals surface area contributed by atoms with Crippen LogP contribution < -0.4 is 4.74 Å². The molecule has 2 nitrogen and oxygen atoms in total. The van der Waals surface area contributed by atoms with Crippen molar-refractivity contribution in [3.8, 4) is 16.9 Å². The summed E-state index contributed by atoms with van der Waals surface area (Å²) in [5.74, 6) is -2.22. The van der Waals surface area contributed by atoms with Crippen molar-refractivity contribution in [1.82, 2.24) is 0 Å². The number of ether oxygens (including phenoxy) is 2. The van der Waals surface area contributed by atoms with Gasteiger partial charge in [0.25, 0.3) is 0 Å². The van der Waals surface area contributed by atoms with E-state index in [1.807, 2.05) is 0 Å². The second kappa shape index (κ2) is 10.2. The van der Waals surface area contributed by atoms with Crippen molar-refractivity contribution in [2.24, 2.45) is 0 Å². The molecule has 0 N–H and O–H groups in total. The monoisotopic (exact) mass is 472 g/mol. The van der Waals surface area contributed by atoms with E-state index in [1.165, 1.54) is 19.2 Å². The summed E-state index contributed by atoms with van der Waals surface area (Å²) < 4.78 is 77.3. The molecule has 176 valence electrons. The van der Waals surface area contributed by atoms with Crippen LogP contribution in [0.2, 0.25) is 0 Å². The molecule has 4 rings (SSSR count). The molecule has 4 aromatic carbocycles. The molecule has 0 atom stereocenters. The molecule has 0 radical (unpaired) electrons. The summed E-state index contributed by atoms with van der Waals surface area (Å²) in [6, 6.07) is 17.0. The maximum absolute atomic E-state index is 15.1. The largest absolute Gasteiger partial charge is 0.432 e. The molecule has 0 aliphatic rings. The van der Waals surface area contributed by atoms with Gasteiger partial charge in [-0.05, 0) is 64.7 Å². The number of hydrogen-bond acceptors (Lipinski definition) is 2. The average Bonchev–Trinajstić information content (AvgIpc) is 2.80. The molecule has 34 heavy (non-hydrogen) atoms. The number of methoxy groups -OCH3 is 1. The van der Waals surface area contributed by atoms with E-state index in [0.717, 1.165) is 17.7 Å². The SMILES string of the molecule is COCc1ccc(-c2ccc3c(F)c(CCc4ccc(OC(F)F)c(F)c4)ccc3c2)c(F)c1. The molecule has 0 fully saturated rings. The molecule has 0 aromatic heterocycles. The summed E-state index contributed by atoms with van der Waals surface area (Å²) in [6.45, 7) is -2.80. The van der Waals surface area contributed by atoms with Crippen LogP contribution in [0.25, 0.3) is 21.9 Å². The van der Waals surface area contributed by atoms with Crippen molar-refractivity contribution < 1.29 is 31.4 Å². The van der Waals surface area contributed by atoms with Crippen LogP contribution in [0.5, 0.6) is 5.75 Å². The van der Waals surface area contributed by atoms with Crippen molar-refractivity contribution in [2.75, 3.05) is 7.11 Å². The molecule has 0 aliphatic carbocycles. The Bertz CT molecular complexity index is 1320. The first-order valence-corrected chi connectivity index (χ1v) is 10.6. The van der Waals surface area contributed by atoms with Crippen molar-refractivity contribution in [2.45, 2.75) is 26.1 Å². The average molecular weight is 472 g/mol. The Balaban J connectivity index is 1.54. The molecule has 4 aromatic rings. The number of aryl methyl sites for hydroxylation is 2. The molecule has 0 heterocycles. The number of rotatable bonds is 8. The van der Waals surface area contributed by atoms with Crippen LogP contribution in [-0.4, -0.2) is 13.7 Å². The summed E-state index contributed by atoms with van der Waals surface area (Å²) in [6.07, 6.45) is 0.596. The minimum atomic E-state index is -3.11. The Morgan fingerprint density at radius 3 is 2.24 bits per heavy atom. The van der Waals surface area contributed by atoms with Crippen LogP contribution in [-0.2, 0) is 24.2 Å². The van der Waals surface area contributed by atoms with Crippen molar-refractivity contribution in [1.29, 1.82) is 0 Å². The topological polar surface area (TPSA) is 18.5 Å². The fraction of sp³-hybridized carbons (Fsp3) is 0.185. The number of benzene rings is 4. The molecular weight excluding hydrogens is 451 g/mol. The van der Waals surface area contributed by atoms with Gasteiger partial charge < -0.3 is 9.47 Å². The summed E-state index contributed by atoms with van der Waals surface area (Å²) in [5.41, 5.74) is 2.72. The molecule has 0 amide bonds. The van der Waals surface area contributed by atoms with Gasteiger partial charge in [-0.3, -0.25) is 0 Å². The lowest BCUT2D eigenvalue weighted by atomic mass is 9.96. The highest BCUT2D eigenvalue weighted by Crippen LogP contribution is 2.30. The molecular formula is C27H21F5O2. The van der Waals surface area contributed by atoms with E-state index < -0.39 is 24.0 Å². The second-order valence-corrected chi connectivity index (χ2v) is 7.87. The molecule has 0 unspecified atom stereocenters. The molecule has 0 saturated carbocycles. The lowest BCUT2D eigenvalue weighted by molar-refractivity contribution is -0.0522. The first-order chi connectivity index (χ1) is 16.4. The third kappa shape index (κ3) is 5.20. The van der Waals surface area contributed by atoms with Gasteiger partial charge in [0, 0.05) is 18.1 Å². The fourth-order valence-corrected chi connectivity index (χ4v) is 3.92. The number of fused-ring (bicyclic) bond motifs is 1. The van der Waals surface area contributed by atoms with Crippen LogP contribution in [0.4, 0.5) is 22.0 Å². The predicted octanol–water partition coefficient (Wildman–Crippen LogP) is 7.46. The zero-order chi connectivity index (χ0) is 24.2. The van der Waals surface area contributed by atoms with E-state index >= 15 is 4.39 Å². The second-order valence-electron chi connectivity index (χ2n) is 7.87. The van der Waals surface area contributed by atoms with Crippen LogP contribution >= 0.6 is 0 Å². The van der Waals surface area contributed by atoms with E-state index in [2.05, 4.69) is 4.74 Å².